The van der Waals surface area contributed by atoms with Crippen molar-refractivity contribution in [3.63, 3.8) is 0 Å². The minimum absolute atomic E-state index is 0.324. The van der Waals surface area contributed by atoms with Gasteiger partial charge in [-0.1, -0.05) is 18.2 Å². The van der Waals surface area contributed by atoms with Crippen molar-refractivity contribution in [2.75, 3.05) is 17.6 Å². The van der Waals surface area contributed by atoms with Crippen molar-refractivity contribution >= 4 is 29.1 Å². The van der Waals surface area contributed by atoms with E-state index in [0.717, 1.165) is 10.5 Å². The van der Waals surface area contributed by atoms with E-state index in [1.54, 1.807) is 42.5 Å². The Bertz CT molecular complexity index is 795. The molecule has 0 atom stereocenters. The molecule has 116 valence electrons. The van der Waals surface area contributed by atoms with Gasteiger partial charge in [-0.3, -0.25) is 19.3 Å². The van der Waals surface area contributed by atoms with Gasteiger partial charge in [-0.15, -0.1) is 0 Å². The first-order valence-electron chi connectivity index (χ1n) is 7.08. The monoisotopic (exact) mass is 309 g/mol. The summed E-state index contributed by atoms with van der Waals surface area (Å²) in [5, 5.41) is 2.64. The Morgan fingerprint density at radius 1 is 1.09 bits per heavy atom. The fraction of sp³-hybridized carbons (Fsp3) is 0.118. The van der Waals surface area contributed by atoms with Crippen LogP contribution in [-0.2, 0) is 4.79 Å². The van der Waals surface area contributed by atoms with Crippen LogP contribution in [0.4, 0.5) is 11.4 Å². The minimum atomic E-state index is -0.456. The van der Waals surface area contributed by atoms with E-state index >= 15 is 0 Å². The lowest BCUT2D eigenvalue weighted by Crippen LogP contribution is -2.37. The summed E-state index contributed by atoms with van der Waals surface area (Å²) in [7, 11) is 0. The van der Waals surface area contributed by atoms with Crippen molar-refractivity contribution in [3.8, 4) is 0 Å². The second-order valence-corrected chi connectivity index (χ2v) is 5.36. The van der Waals surface area contributed by atoms with Crippen LogP contribution in [-0.4, -0.2) is 29.2 Å². The predicted octanol–water partition coefficient (Wildman–Crippen LogP) is 1.81. The van der Waals surface area contributed by atoms with Crippen LogP contribution in [0.25, 0.3) is 0 Å². The van der Waals surface area contributed by atoms with Crippen molar-refractivity contribution in [1.82, 2.24) is 4.90 Å². The first-order chi connectivity index (χ1) is 11.0. The molecule has 3 rings (SSSR count). The number of imide groups is 1. The summed E-state index contributed by atoms with van der Waals surface area (Å²) in [6.07, 6.45) is 0. The molecule has 0 bridgehead atoms. The topological polar surface area (TPSA) is 92.5 Å². The summed E-state index contributed by atoms with van der Waals surface area (Å²) in [5.41, 5.74) is 8.43. The molecule has 0 saturated carbocycles. The number of carbonyl (C=O) groups excluding carboxylic acids is 3. The number of benzene rings is 2. The highest BCUT2D eigenvalue weighted by Gasteiger charge is 2.36. The highest BCUT2D eigenvalue weighted by atomic mass is 16.2. The summed E-state index contributed by atoms with van der Waals surface area (Å²) >= 11 is 0. The Balaban J connectivity index is 1.73. The Labute approximate surface area is 132 Å². The lowest BCUT2D eigenvalue weighted by Gasteiger charge is -2.14. The highest BCUT2D eigenvalue weighted by molar-refractivity contribution is 6.22. The van der Waals surface area contributed by atoms with Crippen LogP contribution in [0.3, 0.4) is 0 Å². The van der Waals surface area contributed by atoms with Crippen LogP contribution in [0, 0.1) is 6.92 Å². The Morgan fingerprint density at radius 2 is 1.70 bits per heavy atom. The van der Waals surface area contributed by atoms with Crippen LogP contribution in [0.1, 0.15) is 26.3 Å². The zero-order valence-corrected chi connectivity index (χ0v) is 12.5. The molecular weight excluding hydrogens is 294 g/mol. The number of amides is 3. The third-order valence-corrected chi connectivity index (χ3v) is 3.74. The van der Waals surface area contributed by atoms with Gasteiger partial charge < -0.3 is 11.1 Å². The van der Waals surface area contributed by atoms with Gasteiger partial charge in [-0.05, 0) is 36.8 Å². The van der Waals surface area contributed by atoms with Crippen molar-refractivity contribution in [2.24, 2.45) is 0 Å². The Hall–Kier alpha value is -3.15. The number of rotatable bonds is 3. The number of aryl methyl sites for hydroxylation is 1. The van der Waals surface area contributed by atoms with E-state index in [2.05, 4.69) is 5.32 Å². The van der Waals surface area contributed by atoms with E-state index in [1.807, 2.05) is 6.92 Å². The average Bonchev–Trinajstić information content (AvgIpc) is 2.76. The molecule has 0 spiro atoms. The molecule has 2 aromatic rings. The molecule has 0 fully saturated rings. The second-order valence-electron chi connectivity index (χ2n) is 5.36. The molecule has 0 aromatic heterocycles. The van der Waals surface area contributed by atoms with E-state index in [4.69, 9.17) is 5.73 Å². The van der Waals surface area contributed by atoms with Crippen LogP contribution < -0.4 is 11.1 Å². The average molecular weight is 309 g/mol. The van der Waals surface area contributed by atoms with Crippen LogP contribution >= 0.6 is 0 Å². The molecule has 3 amide bonds. The number of carbonyl (C=O) groups is 3. The van der Waals surface area contributed by atoms with Gasteiger partial charge in [0.1, 0.15) is 6.54 Å². The van der Waals surface area contributed by atoms with Crippen LogP contribution in [0.5, 0.6) is 0 Å². The number of nitrogens with one attached hydrogen (secondary N) is 1. The highest BCUT2D eigenvalue weighted by Crippen LogP contribution is 2.22. The molecule has 1 aliphatic heterocycles. The fourth-order valence-corrected chi connectivity index (χ4v) is 2.45. The summed E-state index contributed by atoms with van der Waals surface area (Å²) in [5.74, 6) is -1.36. The number of hydrogen-bond acceptors (Lipinski definition) is 4. The lowest BCUT2D eigenvalue weighted by atomic mass is 10.1. The van der Waals surface area contributed by atoms with Gasteiger partial charge in [0.05, 0.1) is 11.1 Å². The zero-order valence-electron chi connectivity index (χ0n) is 12.5. The van der Waals surface area contributed by atoms with Crippen molar-refractivity contribution in [3.05, 3.63) is 59.2 Å². The van der Waals surface area contributed by atoms with E-state index in [0.29, 0.717) is 22.5 Å². The van der Waals surface area contributed by atoms with Gasteiger partial charge in [0, 0.05) is 11.4 Å². The third kappa shape index (κ3) is 2.66. The normalized spacial score (nSPS) is 13.2. The summed E-state index contributed by atoms with van der Waals surface area (Å²) in [6, 6.07) is 11.7. The number of nitrogens with zero attached hydrogens (tertiary/aromatic N) is 1. The molecule has 0 aliphatic carbocycles. The zero-order chi connectivity index (χ0) is 16.6. The minimum Gasteiger partial charge on any atom is -0.398 e. The fourth-order valence-electron chi connectivity index (χ4n) is 2.45. The molecule has 0 unspecified atom stereocenters. The van der Waals surface area contributed by atoms with Gasteiger partial charge in [0.2, 0.25) is 5.91 Å². The molecule has 0 saturated heterocycles. The van der Waals surface area contributed by atoms with Crippen molar-refractivity contribution in [2.45, 2.75) is 6.92 Å². The van der Waals surface area contributed by atoms with Gasteiger partial charge in [-0.2, -0.15) is 0 Å². The van der Waals surface area contributed by atoms with Crippen LogP contribution in [0.15, 0.2) is 42.5 Å². The third-order valence-electron chi connectivity index (χ3n) is 3.74. The SMILES string of the molecule is Cc1ccc(NC(=O)CN2C(=O)c3ccccc3C2=O)cc1N. The first kappa shape index (κ1) is 14.8. The van der Waals surface area contributed by atoms with Crippen molar-refractivity contribution in [1.29, 1.82) is 0 Å². The van der Waals surface area contributed by atoms with Gasteiger partial charge in [0.25, 0.3) is 11.8 Å². The number of nitrogen functional groups attached to an aromatic ring is 1. The maximum atomic E-state index is 12.2. The number of nitrogens with two attached hydrogens (primary N) is 1. The Morgan fingerprint density at radius 3 is 2.26 bits per heavy atom. The summed E-state index contributed by atoms with van der Waals surface area (Å²) < 4.78 is 0. The number of hydrogen-bond donors (Lipinski definition) is 2. The van der Waals surface area contributed by atoms with Crippen LogP contribution in [0.2, 0.25) is 0 Å². The molecule has 23 heavy (non-hydrogen) atoms. The molecule has 1 heterocycles. The first-order valence-corrected chi connectivity index (χ1v) is 7.08. The quantitative estimate of drug-likeness (QED) is 0.668. The van der Waals surface area contributed by atoms with E-state index in [1.165, 1.54) is 0 Å². The summed E-state index contributed by atoms with van der Waals surface area (Å²) in [4.78, 5) is 37.4. The molecule has 1 aliphatic rings. The maximum absolute atomic E-state index is 12.2. The van der Waals surface area contributed by atoms with E-state index in [-0.39, 0.29) is 6.54 Å². The largest absolute Gasteiger partial charge is 0.398 e. The molecule has 6 nitrogen and oxygen atoms in total. The predicted molar refractivity (Wildman–Crippen MR) is 86.0 cm³/mol. The van der Waals surface area contributed by atoms with Gasteiger partial charge in [-0.25, -0.2) is 0 Å². The molecular formula is C17H15N3O3. The molecule has 3 N–H and O–H groups in total. The van der Waals surface area contributed by atoms with E-state index < -0.39 is 17.7 Å². The second kappa shape index (κ2) is 5.57. The summed E-state index contributed by atoms with van der Waals surface area (Å²) in [6.45, 7) is 1.53. The Kier molecular flexibility index (Phi) is 3.57. The van der Waals surface area contributed by atoms with Gasteiger partial charge >= 0.3 is 0 Å². The number of fused-ring (bicyclic) bond motifs is 1. The smallest absolute Gasteiger partial charge is 0.262 e. The number of anilines is 2. The molecule has 2 aromatic carbocycles. The standard InChI is InChI=1S/C17H15N3O3/c1-10-6-7-11(8-14(10)18)19-15(21)9-20-16(22)12-4-2-3-5-13(12)17(20)23/h2-8H,9,18H2,1H3,(H,19,21). The van der Waals surface area contributed by atoms with Gasteiger partial charge in [0.15, 0.2) is 0 Å². The maximum Gasteiger partial charge on any atom is 0.262 e. The van der Waals surface area contributed by atoms with E-state index in [9.17, 15) is 14.4 Å². The van der Waals surface area contributed by atoms with Crippen molar-refractivity contribution < 1.29 is 14.4 Å². The lowest BCUT2D eigenvalue weighted by molar-refractivity contribution is -0.116. The molecule has 6 heteroatoms. The molecule has 0 radical (unpaired) electrons.